The third kappa shape index (κ3) is 2.49. The minimum absolute atomic E-state index is 0.0929. The van der Waals surface area contributed by atoms with Crippen LogP contribution in [0.25, 0.3) is 10.9 Å². The van der Waals surface area contributed by atoms with Gasteiger partial charge in [-0.15, -0.1) is 0 Å². The Morgan fingerprint density at radius 3 is 2.91 bits per heavy atom. The van der Waals surface area contributed by atoms with Gasteiger partial charge in [0.2, 0.25) is 0 Å². The summed E-state index contributed by atoms with van der Waals surface area (Å²) in [5.74, 6) is 0.336. The number of benzene rings is 1. The first-order valence-corrected chi connectivity index (χ1v) is 8.19. The topological polar surface area (TPSA) is 37.6 Å². The quantitative estimate of drug-likeness (QED) is 0.871. The number of rotatable bonds is 4. The van der Waals surface area contributed by atoms with Gasteiger partial charge >= 0.3 is 0 Å². The Labute approximate surface area is 136 Å². The van der Waals surface area contributed by atoms with Crippen molar-refractivity contribution >= 4 is 22.5 Å². The summed E-state index contributed by atoms with van der Waals surface area (Å²) in [6.07, 6.45) is 1.69. The van der Waals surface area contributed by atoms with Crippen LogP contribution in [0.4, 0.5) is 0 Å². The first-order chi connectivity index (χ1) is 10.5. The zero-order chi connectivity index (χ0) is 15.9. The van der Waals surface area contributed by atoms with E-state index in [-0.39, 0.29) is 6.10 Å². The fourth-order valence-electron chi connectivity index (χ4n) is 3.55. The Bertz CT molecular complexity index is 681. The van der Waals surface area contributed by atoms with Gasteiger partial charge in [0, 0.05) is 17.8 Å². The van der Waals surface area contributed by atoms with Crippen LogP contribution in [0.15, 0.2) is 18.2 Å². The van der Waals surface area contributed by atoms with E-state index in [1.165, 1.54) is 4.73 Å². The lowest BCUT2D eigenvalue weighted by atomic mass is 9.91. The van der Waals surface area contributed by atoms with Crippen LogP contribution in [0.3, 0.4) is 0 Å². The smallest absolute Gasteiger partial charge is 0.105 e. The van der Waals surface area contributed by atoms with Crippen molar-refractivity contribution in [1.29, 1.82) is 0 Å². The molecule has 1 aliphatic heterocycles. The number of fused-ring (bicyclic) bond motifs is 3. The number of hydrogen-bond donors (Lipinski definition) is 1. The van der Waals surface area contributed by atoms with Gasteiger partial charge in [-0.1, -0.05) is 24.6 Å². The fourth-order valence-corrected chi connectivity index (χ4v) is 3.84. The number of nitrogens with zero attached hydrogens (tertiary/aromatic N) is 2. The summed E-state index contributed by atoms with van der Waals surface area (Å²) >= 11 is 6.38. The molecule has 1 N–H and O–H groups in total. The largest absolute Gasteiger partial charge is 0.428 e. The minimum Gasteiger partial charge on any atom is -0.428 e. The van der Waals surface area contributed by atoms with Crippen molar-refractivity contribution in [3.8, 4) is 0 Å². The van der Waals surface area contributed by atoms with Gasteiger partial charge in [0.1, 0.15) is 6.10 Å². The van der Waals surface area contributed by atoms with Crippen LogP contribution in [-0.2, 0) is 11.2 Å². The second-order valence-corrected chi connectivity index (χ2v) is 6.69. The van der Waals surface area contributed by atoms with Crippen molar-refractivity contribution in [2.24, 2.45) is 5.92 Å². The van der Waals surface area contributed by atoms with E-state index in [2.05, 4.69) is 25.9 Å². The van der Waals surface area contributed by atoms with Gasteiger partial charge in [-0.3, -0.25) is 0 Å². The molecule has 3 rings (SSSR count). The van der Waals surface area contributed by atoms with Crippen molar-refractivity contribution in [3.05, 3.63) is 34.5 Å². The minimum atomic E-state index is -0.0929. The predicted octanol–water partition coefficient (Wildman–Crippen LogP) is 3.73. The standard InChI is InChI=1S/C17H23ClN2O2/c1-4-11(10-19(2)3)17-16-12(8-9-22-17)15-13(18)6-5-7-14(15)20(16)21/h5-7,11,17,21H,4,8-10H2,1-3H3. The SMILES string of the molecule is CCC(CN(C)C)C1OCCc2c1n(O)c1cccc(Cl)c21. The maximum atomic E-state index is 10.7. The van der Waals surface area contributed by atoms with Crippen molar-refractivity contribution in [2.45, 2.75) is 25.9 Å². The number of hydrogen-bond acceptors (Lipinski definition) is 3. The molecule has 2 aromatic rings. The summed E-state index contributed by atoms with van der Waals surface area (Å²) in [7, 11) is 4.13. The molecule has 0 spiro atoms. The molecule has 1 aromatic heterocycles. The third-order valence-electron chi connectivity index (χ3n) is 4.53. The third-order valence-corrected chi connectivity index (χ3v) is 4.85. The Kier molecular flexibility index (Phi) is 4.35. The van der Waals surface area contributed by atoms with Crippen LogP contribution in [0.2, 0.25) is 5.02 Å². The zero-order valence-electron chi connectivity index (χ0n) is 13.3. The average Bonchev–Trinajstić information content (AvgIpc) is 2.79. The molecule has 2 unspecified atom stereocenters. The van der Waals surface area contributed by atoms with Crippen molar-refractivity contribution in [2.75, 3.05) is 27.2 Å². The molecule has 0 amide bonds. The molecule has 0 aliphatic carbocycles. The Hall–Kier alpha value is -1.23. The van der Waals surface area contributed by atoms with Crippen LogP contribution < -0.4 is 0 Å². The highest BCUT2D eigenvalue weighted by molar-refractivity contribution is 6.35. The first kappa shape index (κ1) is 15.7. The van der Waals surface area contributed by atoms with E-state index in [1.807, 2.05) is 18.2 Å². The van der Waals surface area contributed by atoms with Crippen molar-refractivity contribution < 1.29 is 9.94 Å². The molecule has 120 valence electrons. The van der Waals surface area contributed by atoms with Crippen LogP contribution >= 0.6 is 11.6 Å². The highest BCUT2D eigenvalue weighted by Crippen LogP contribution is 2.41. The van der Waals surface area contributed by atoms with Gasteiger partial charge in [-0.05, 0) is 44.6 Å². The molecule has 1 aliphatic rings. The predicted molar refractivity (Wildman–Crippen MR) is 88.9 cm³/mol. The van der Waals surface area contributed by atoms with E-state index in [1.54, 1.807) is 0 Å². The summed E-state index contributed by atoms with van der Waals surface area (Å²) in [6, 6.07) is 5.66. The number of ether oxygens (including phenoxy) is 1. The second-order valence-electron chi connectivity index (χ2n) is 6.28. The summed E-state index contributed by atoms with van der Waals surface area (Å²) in [6.45, 7) is 3.77. The molecule has 2 atom stereocenters. The van der Waals surface area contributed by atoms with Gasteiger partial charge < -0.3 is 14.8 Å². The van der Waals surface area contributed by atoms with Gasteiger partial charge in [0.05, 0.1) is 22.8 Å². The first-order valence-electron chi connectivity index (χ1n) is 7.81. The lowest BCUT2D eigenvalue weighted by molar-refractivity contribution is -0.0221. The van der Waals surface area contributed by atoms with Crippen LogP contribution in [-0.4, -0.2) is 42.1 Å². The van der Waals surface area contributed by atoms with Gasteiger partial charge in [-0.25, -0.2) is 0 Å². The van der Waals surface area contributed by atoms with Gasteiger partial charge in [0.15, 0.2) is 0 Å². The normalized spacial score (nSPS) is 19.6. The van der Waals surface area contributed by atoms with Crippen molar-refractivity contribution in [3.63, 3.8) is 0 Å². The molecule has 5 heteroatoms. The second kappa shape index (κ2) is 6.11. The zero-order valence-corrected chi connectivity index (χ0v) is 14.1. The van der Waals surface area contributed by atoms with Crippen LogP contribution in [0.5, 0.6) is 0 Å². The molecular weight excluding hydrogens is 300 g/mol. The summed E-state index contributed by atoms with van der Waals surface area (Å²) in [5.41, 5.74) is 2.78. The summed E-state index contributed by atoms with van der Waals surface area (Å²) < 4.78 is 7.35. The average molecular weight is 323 g/mol. The maximum absolute atomic E-state index is 10.7. The molecule has 0 bridgehead atoms. The van der Waals surface area contributed by atoms with Crippen LogP contribution in [0, 0.1) is 5.92 Å². The molecule has 0 saturated carbocycles. The van der Waals surface area contributed by atoms with E-state index in [9.17, 15) is 5.21 Å². The Morgan fingerprint density at radius 1 is 1.45 bits per heavy atom. The molecule has 1 aromatic carbocycles. The lowest BCUT2D eigenvalue weighted by Crippen LogP contribution is -2.31. The molecule has 0 radical (unpaired) electrons. The summed E-state index contributed by atoms with van der Waals surface area (Å²) in [4.78, 5) is 2.17. The number of aromatic nitrogens is 1. The van der Waals surface area contributed by atoms with Gasteiger partial charge in [-0.2, -0.15) is 4.73 Å². The molecule has 2 heterocycles. The molecular formula is C17H23ClN2O2. The molecule has 0 fully saturated rings. The fraction of sp³-hybridized carbons (Fsp3) is 0.529. The highest BCUT2D eigenvalue weighted by atomic mass is 35.5. The lowest BCUT2D eigenvalue weighted by Gasteiger charge is -2.32. The van der Waals surface area contributed by atoms with Gasteiger partial charge in [0.25, 0.3) is 0 Å². The maximum Gasteiger partial charge on any atom is 0.105 e. The van der Waals surface area contributed by atoms with Crippen LogP contribution in [0.1, 0.15) is 30.7 Å². The van der Waals surface area contributed by atoms with E-state index in [0.717, 1.165) is 41.5 Å². The molecule has 22 heavy (non-hydrogen) atoms. The molecule has 4 nitrogen and oxygen atoms in total. The van der Waals surface area contributed by atoms with E-state index in [0.29, 0.717) is 17.5 Å². The summed E-state index contributed by atoms with van der Waals surface area (Å²) in [5, 5.41) is 12.3. The highest BCUT2D eigenvalue weighted by Gasteiger charge is 2.34. The Morgan fingerprint density at radius 2 is 2.23 bits per heavy atom. The number of halogens is 1. The van der Waals surface area contributed by atoms with E-state index < -0.39 is 0 Å². The van der Waals surface area contributed by atoms with E-state index >= 15 is 0 Å². The van der Waals surface area contributed by atoms with Crippen molar-refractivity contribution in [1.82, 2.24) is 9.63 Å². The van der Waals surface area contributed by atoms with E-state index in [4.69, 9.17) is 16.3 Å². The molecule has 0 saturated heterocycles. The monoisotopic (exact) mass is 322 g/mol. The Balaban J connectivity index is 2.14.